The normalized spacial score (nSPS) is 18.7. The van der Waals surface area contributed by atoms with Crippen molar-refractivity contribution in [1.82, 2.24) is 20.0 Å². The molecule has 2 heterocycles. The number of ether oxygens (including phenoxy) is 1. The number of hydrogen-bond acceptors (Lipinski definition) is 4. The first kappa shape index (κ1) is 17.7. The fraction of sp³-hybridized carbons (Fsp3) is 0.579. The number of piperidine rings is 1. The van der Waals surface area contributed by atoms with Crippen molar-refractivity contribution in [1.29, 1.82) is 0 Å². The van der Waals surface area contributed by atoms with Crippen LogP contribution in [-0.4, -0.2) is 65.7 Å². The summed E-state index contributed by atoms with van der Waals surface area (Å²) in [6.07, 6.45) is 2.38. The third kappa shape index (κ3) is 3.79. The number of amides is 1. The largest absolute Gasteiger partial charge is 0.497 e. The van der Waals surface area contributed by atoms with Gasteiger partial charge in [-0.3, -0.25) is 9.89 Å². The highest BCUT2D eigenvalue weighted by atomic mass is 16.5. The molecule has 1 fully saturated rings. The number of nitrogens with zero attached hydrogens (tertiary/aromatic N) is 3. The van der Waals surface area contributed by atoms with Gasteiger partial charge in [-0.05, 0) is 57.4 Å². The number of hydrogen-bond donors (Lipinski definition) is 1. The molecule has 1 saturated heterocycles. The van der Waals surface area contributed by atoms with Crippen molar-refractivity contribution in [2.75, 3.05) is 33.8 Å². The molecular formula is C19H28N4O2. The van der Waals surface area contributed by atoms with Crippen LogP contribution in [0.2, 0.25) is 0 Å². The first-order chi connectivity index (χ1) is 12.0. The summed E-state index contributed by atoms with van der Waals surface area (Å²) in [5.41, 5.74) is 1.31. The quantitative estimate of drug-likeness (QED) is 0.906. The van der Waals surface area contributed by atoms with Gasteiger partial charge in [0.05, 0.1) is 12.6 Å². The van der Waals surface area contributed by atoms with Gasteiger partial charge < -0.3 is 14.5 Å². The maximum absolute atomic E-state index is 12.9. The highest BCUT2D eigenvalue weighted by Gasteiger charge is 2.26. The van der Waals surface area contributed by atoms with Gasteiger partial charge in [-0.15, -0.1) is 0 Å². The number of benzene rings is 1. The lowest BCUT2D eigenvalue weighted by Gasteiger charge is -2.36. The predicted octanol–water partition coefficient (Wildman–Crippen LogP) is 2.76. The van der Waals surface area contributed by atoms with Crippen LogP contribution in [0.3, 0.4) is 0 Å². The molecule has 0 saturated carbocycles. The van der Waals surface area contributed by atoms with Gasteiger partial charge in [0.2, 0.25) is 0 Å². The molecule has 0 spiro atoms. The highest BCUT2D eigenvalue weighted by molar-refractivity contribution is 6.04. The van der Waals surface area contributed by atoms with Crippen LogP contribution < -0.4 is 4.74 Å². The van der Waals surface area contributed by atoms with Crippen molar-refractivity contribution in [3.63, 3.8) is 0 Å². The molecule has 1 amide bonds. The minimum Gasteiger partial charge on any atom is -0.497 e. The van der Waals surface area contributed by atoms with E-state index in [0.717, 1.165) is 36.3 Å². The van der Waals surface area contributed by atoms with Crippen molar-refractivity contribution in [3.05, 3.63) is 23.9 Å². The molecule has 25 heavy (non-hydrogen) atoms. The summed E-state index contributed by atoms with van der Waals surface area (Å²) in [4.78, 5) is 17.2. The van der Waals surface area contributed by atoms with Gasteiger partial charge >= 0.3 is 0 Å². The SMILES string of the molecule is COc1ccc2[nH]nc(C(=O)N(C)C[C@@H]3CCCN(C(C)C)C3)c2c1. The molecule has 136 valence electrons. The summed E-state index contributed by atoms with van der Waals surface area (Å²) in [6, 6.07) is 6.17. The zero-order chi connectivity index (χ0) is 18.0. The van der Waals surface area contributed by atoms with Crippen LogP contribution in [0.25, 0.3) is 10.9 Å². The van der Waals surface area contributed by atoms with Crippen molar-refractivity contribution >= 4 is 16.8 Å². The number of H-pyrrole nitrogens is 1. The number of carbonyl (C=O) groups excluding carboxylic acids is 1. The second kappa shape index (κ2) is 7.44. The Labute approximate surface area is 149 Å². The Kier molecular flexibility index (Phi) is 5.27. The summed E-state index contributed by atoms with van der Waals surface area (Å²) >= 11 is 0. The predicted molar refractivity (Wildman–Crippen MR) is 99.0 cm³/mol. The molecule has 1 atom stereocenters. The lowest BCUT2D eigenvalue weighted by molar-refractivity contribution is 0.0705. The van der Waals surface area contributed by atoms with Crippen molar-refractivity contribution in [3.8, 4) is 5.75 Å². The van der Waals surface area contributed by atoms with E-state index in [9.17, 15) is 4.79 Å². The van der Waals surface area contributed by atoms with Gasteiger partial charge in [0.15, 0.2) is 5.69 Å². The molecule has 1 aromatic heterocycles. The van der Waals surface area contributed by atoms with Crippen LogP contribution in [0.15, 0.2) is 18.2 Å². The van der Waals surface area contributed by atoms with Crippen LogP contribution >= 0.6 is 0 Å². The van der Waals surface area contributed by atoms with Crippen molar-refractivity contribution in [2.45, 2.75) is 32.7 Å². The second-order valence-corrected chi connectivity index (χ2v) is 7.27. The Balaban J connectivity index is 1.72. The number of methoxy groups -OCH3 is 1. The number of rotatable bonds is 5. The maximum Gasteiger partial charge on any atom is 0.274 e. The fourth-order valence-electron chi connectivity index (χ4n) is 3.65. The van der Waals surface area contributed by atoms with Gasteiger partial charge in [-0.2, -0.15) is 5.10 Å². The van der Waals surface area contributed by atoms with E-state index in [1.165, 1.54) is 12.8 Å². The Morgan fingerprint density at radius 2 is 2.28 bits per heavy atom. The maximum atomic E-state index is 12.9. The Bertz CT molecular complexity index is 740. The first-order valence-corrected chi connectivity index (χ1v) is 9.01. The van der Waals surface area contributed by atoms with E-state index in [0.29, 0.717) is 17.7 Å². The summed E-state index contributed by atoms with van der Waals surface area (Å²) in [5.74, 6) is 1.21. The third-order valence-corrected chi connectivity index (χ3v) is 5.13. The van der Waals surface area contributed by atoms with Gasteiger partial charge in [-0.1, -0.05) is 0 Å². The van der Waals surface area contributed by atoms with E-state index in [1.54, 1.807) is 7.11 Å². The molecule has 0 bridgehead atoms. The zero-order valence-corrected chi connectivity index (χ0v) is 15.6. The molecule has 2 aromatic rings. The molecule has 0 radical (unpaired) electrons. The number of nitrogens with one attached hydrogen (secondary N) is 1. The van der Waals surface area contributed by atoms with Gasteiger partial charge in [0.25, 0.3) is 5.91 Å². The molecule has 0 unspecified atom stereocenters. The van der Waals surface area contributed by atoms with Crippen LogP contribution in [0.4, 0.5) is 0 Å². The van der Waals surface area contributed by atoms with Crippen LogP contribution in [-0.2, 0) is 0 Å². The fourth-order valence-corrected chi connectivity index (χ4v) is 3.65. The van der Waals surface area contributed by atoms with E-state index in [4.69, 9.17) is 4.74 Å². The number of aromatic nitrogens is 2. The van der Waals surface area contributed by atoms with Crippen molar-refractivity contribution < 1.29 is 9.53 Å². The monoisotopic (exact) mass is 344 g/mol. The number of likely N-dealkylation sites (tertiary alicyclic amines) is 1. The molecular weight excluding hydrogens is 316 g/mol. The first-order valence-electron chi connectivity index (χ1n) is 9.01. The topological polar surface area (TPSA) is 61.5 Å². The lowest BCUT2D eigenvalue weighted by atomic mass is 9.96. The summed E-state index contributed by atoms with van der Waals surface area (Å²) < 4.78 is 5.27. The van der Waals surface area contributed by atoms with Gasteiger partial charge in [0.1, 0.15) is 5.75 Å². The molecule has 1 aromatic carbocycles. The van der Waals surface area contributed by atoms with Crippen LogP contribution in [0.1, 0.15) is 37.2 Å². The van der Waals surface area contributed by atoms with E-state index in [2.05, 4.69) is 28.9 Å². The Morgan fingerprint density at radius 3 is 3.00 bits per heavy atom. The molecule has 1 aliphatic heterocycles. The van der Waals surface area contributed by atoms with Crippen molar-refractivity contribution in [2.24, 2.45) is 5.92 Å². The van der Waals surface area contributed by atoms with E-state index < -0.39 is 0 Å². The van der Waals surface area contributed by atoms with Gasteiger partial charge in [-0.25, -0.2) is 0 Å². The minimum atomic E-state index is -0.0406. The molecule has 3 rings (SSSR count). The molecule has 6 heteroatoms. The standard InChI is InChI=1S/C19H28N4O2/c1-13(2)23-9-5-6-14(12-23)11-22(3)19(24)18-16-10-15(25-4)7-8-17(16)20-21-18/h7-8,10,13-14H,5-6,9,11-12H2,1-4H3,(H,20,21)/t14-/m0/s1. The summed E-state index contributed by atoms with van der Waals surface area (Å²) in [6.45, 7) is 7.46. The third-order valence-electron chi connectivity index (χ3n) is 5.13. The van der Waals surface area contributed by atoms with Crippen LogP contribution in [0.5, 0.6) is 5.75 Å². The smallest absolute Gasteiger partial charge is 0.274 e. The lowest BCUT2D eigenvalue weighted by Crippen LogP contribution is -2.44. The summed E-state index contributed by atoms with van der Waals surface area (Å²) in [7, 11) is 3.50. The van der Waals surface area contributed by atoms with Crippen LogP contribution in [0, 0.1) is 5.92 Å². The second-order valence-electron chi connectivity index (χ2n) is 7.27. The minimum absolute atomic E-state index is 0.0406. The molecule has 0 aliphatic carbocycles. The summed E-state index contributed by atoms with van der Waals surface area (Å²) in [5, 5.41) is 7.99. The molecule has 6 nitrogen and oxygen atoms in total. The number of carbonyl (C=O) groups is 1. The van der Waals surface area contributed by atoms with E-state index >= 15 is 0 Å². The zero-order valence-electron chi connectivity index (χ0n) is 15.6. The highest BCUT2D eigenvalue weighted by Crippen LogP contribution is 2.24. The molecule has 1 N–H and O–H groups in total. The average molecular weight is 344 g/mol. The number of aromatic amines is 1. The van der Waals surface area contributed by atoms with E-state index in [1.807, 2.05) is 30.1 Å². The Hall–Kier alpha value is -2.08. The van der Waals surface area contributed by atoms with E-state index in [-0.39, 0.29) is 5.91 Å². The number of fused-ring (bicyclic) bond motifs is 1. The van der Waals surface area contributed by atoms with Gasteiger partial charge in [0, 0.05) is 31.6 Å². The average Bonchev–Trinajstić information content (AvgIpc) is 3.04. The molecule has 1 aliphatic rings. The Morgan fingerprint density at radius 1 is 1.48 bits per heavy atom.